The van der Waals surface area contributed by atoms with Crippen LogP contribution in [0.2, 0.25) is 0 Å². The Bertz CT molecular complexity index is 650. The van der Waals surface area contributed by atoms with Crippen LogP contribution >= 0.6 is 0 Å². The first-order valence-corrected chi connectivity index (χ1v) is 5.61. The molecule has 2 rings (SSSR count). The summed E-state index contributed by atoms with van der Waals surface area (Å²) in [7, 11) is 0. The molecule has 0 aliphatic heterocycles. The number of hydrogen-bond donors (Lipinski definition) is 2. The number of aryl methyl sites for hydroxylation is 1. The van der Waals surface area contributed by atoms with E-state index in [1.54, 1.807) is 19.9 Å². The lowest BCUT2D eigenvalue weighted by Crippen LogP contribution is -2.14. The second-order valence-electron chi connectivity index (χ2n) is 4.03. The zero-order valence-electron chi connectivity index (χ0n) is 10.1. The van der Waals surface area contributed by atoms with Crippen LogP contribution in [0.1, 0.15) is 18.1 Å². The monoisotopic (exact) mass is 248 g/mol. The molecule has 4 nitrogen and oxygen atoms in total. The average molecular weight is 248 g/mol. The molecule has 0 unspecified atom stereocenters. The zero-order chi connectivity index (χ0) is 13.3. The Morgan fingerprint density at radius 1 is 1.44 bits per heavy atom. The highest BCUT2D eigenvalue weighted by molar-refractivity contribution is 5.56. The van der Waals surface area contributed by atoms with Crippen molar-refractivity contribution in [3.63, 3.8) is 0 Å². The number of halogens is 1. The quantitative estimate of drug-likeness (QED) is 0.855. The highest BCUT2D eigenvalue weighted by Crippen LogP contribution is 2.20. The molecule has 0 radical (unpaired) electrons. The summed E-state index contributed by atoms with van der Waals surface area (Å²) in [6.07, 6.45) is 0.400. The summed E-state index contributed by atoms with van der Waals surface area (Å²) in [5.74, 6) is -0.369. The van der Waals surface area contributed by atoms with Crippen molar-refractivity contribution in [2.24, 2.45) is 0 Å². The SMILES string of the molecule is CCc1c(O)nc(-c2ccc(F)c(C)c2)[nH]c1=O. The van der Waals surface area contributed by atoms with Crippen LogP contribution in [-0.4, -0.2) is 15.1 Å². The van der Waals surface area contributed by atoms with Gasteiger partial charge in [0.05, 0.1) is 5.56 Å². The number of H-pyrrole nitrogens is 1. The molecule has 5 heteroatoms. The number of rotatable bonds is 2. The van der Waals surface area contributed by atoms with E-state index in [1.165, 1.54) is 12.1 Å². The third kappa shape index (κ3) is 2.11. The molecule has 94 valence electrons. The van der Waals surface area contributed by atoms with Gasteiger partial charge in [-0.3, -0.25) is 4.79 Å². The summed E-state index contributed by atoms with van der Waals surface area (Å²) in [6.45, 7) is 3.38. The minimum Gasteiger partial charge on any atom is -0.493 e. The number of benzene rings is 1. The summed E-state index contributed by atoms with van der Waals surface area (Å²) < 4.78 is 13.1. The number of aromatic amines is 1. The average Bonchev–Trinajstić information content (AvgIpc) is 2.32. The van der Waals surface area contributed by atoms with Crippen molar-refractivity contribution >= 4 is 0 Å². The fourth-order valence-corrected chi connectivity index (χ4v) is 1.73. The van der Waals surface area contributed by atoms with Crippen molar-refractivity contribution in [1.29, 1.82) is 0 Å². The van der Waals surface area contributed by atoms with Crippen LogP contribution in [0.3, 0.4) is 0 Å². The molecule has 18 heavy (non-hydrogen) atoms. The van der Waals surface area contributed by atoms with Gasteiger partial charge in [-0.2, -0.15) is 4.98 Å². The molecular formula is C13H13FN2O2. The molecule has 0 bridgehead atoms. The number of nitrogens with zero attached hydrogens (tertiary/aromatic N) is 1. The molecule has 1 heterocycles. The van der Waals surface area contributed by atoms with Crippen molar-refractivity contribution in [2.45, 2.75) is 20.3 Å². The topological polar surface area (TPSA) is 66.0 Å². The van der Waals surface area contributed by atoms with Crippen LogP contribution in [0.25, 0.3) is 11.4 Å². The second kappa shape index (κ2) is 4.60. The first kappa shape index (κ1) is 12.3. The largest absolute Gasteiger partial charge is 0.493 e. The maximum atomic E-state index is 13.1. The van der Waals surface area contributed by atoms with E-state index in [0.717, 1.165) is 0 Å². The van der Waals surface area contributed by atoms with E-state index in [-0.39, 0.29) is 28.6 Å². The summed E-state index contributed by atoms with van der Waals surface area (Å²) in [5.41, 5.74) is 0.887. The van der Waals surface area contributed by atoms with Crippen molar-refractivity contribution < 1.29 is 9.50 Å². The maximum Gasteiger partial charge on any atom is 0.258 e. The van der Waals surface area contributed by atoms with Crippen LogP contribution in [-0.2, 0) is 6.42 Å². The Kier molecular flexibility index (Phi) is 3.14. The van der Waals surface area contributed by atoms with E-state index in [0.29, 0.717) is 17.5 Å². The molecule has 0 amide bonds. The van der Waals surface area contributed by atoms with Gasteiger partial charge in [0.2, 0.25) is 5.88 Å². The zero-order valence-corrected chi connectivity index (χ0v) is 10.1. The molecule has 2 aromatic rings. The lowest BCUT2D eigenvalue weighted by Gasteiger charge is -2.05. The summed E-state index contributed by atoms with van der Waals surface area (Å²) in [4.78, 5) is 18.2. The first-order valence-electron chi connectivity index (χ1n) is 5.61. The van der Waals surface area contributed by atoms with Gasteiger partial charge in [0, 0.05) is 5.56 Å². The highest BCUT2D eigenvalue weighted by atomic mass is 19.1. The second-order valence-corrected chi connectivity index (χ2v) is 4.03. The van der Waals surface area contributed by atoms with Crippen LogP contribution in [0.5, 0.6) is 5.88 Å². The molecule has 1 aromatic carbocycles. The van der Waals surface area contributed by atoms with Crippen molar-refractivity contribution in [3.05, 3.63) is 45.5 Å². The van der Waals surface area contributed by atoms with Crippen molar-refractivity contribution in [2.75, 3.05) is 0 Å². The van der Waals surface area contributed by atoms with E-state index in [1.807, 2.05) is 0 Å². The van der Waals surface area contributed by atoms with Crippen molar-refractivity contribution in [3.8, 4) is 17.3 Å². The van der Waals surface area contributed by atoms with Gasteiger partial charge in [0.1, 0.15) is 11.6 Å². The van der Waals surface area contributed by atoms with Crippen LogP contribution in [0.4, 0.5) is 4.39 Å². The van der Waals surface area contributed by atoms with Crippen molar-refractivity contribution in [1.82, 2.24) is 9.97 Å². The van der Waals surface area contributed by atoms with E-state index in [4.69, 9.17) is 0 Å². The minimum atomic E-state index is -0.373. The maximum absolute atomic E-state index is 13.1. The molecule has 0 spiro atoms. The molecule has 2 N–H and O–H groups in total. The van der Waals surface area contributed by atoms with Crippen LogP contribution < -0.4 is 5.56 Å². The Morgan fingerprint density at radius 2 is 2.17 bits per heavy atom. The minimum absolute atomic E-state index is 0.234. The molecule has 1 aromatic heterocycles. The van der Waals surface area contributed by atoms with Gasteiger partial charge in [0.15, 0.2) is 0 Å². The Hall–Kier alpha value is -2.17. The smallest absolute Gasteiger partial charge is 0.258 e. The van der Waals surface area contributed by atoms with E-state index in [2.05, 4.69) is 9.97 Å². The molecule has 0 atom stereocenters. The number of aromatic nitrogens is 2. The Morgan fingerprint density at radius 3 is 2.72 bits per heavy atom. The molecule has 0 saturated carbocycles. The Balaban J connectivity index is 2.58. The van der Waals surface area contributed by atoms with E-state index >= 15 is 0 Å². The Labute approximate surface area is 103 Å². The normalized spacial score (nSPS) is 10.6. The predicted molar refractivity (Wildman–Crippen MR) is 66.0 cm³/mol. The summed E-state index contributed by atoms with van der Waals surface area (Å²) in [5, 5.41) is 9.65. The third-order valence-electron chi connectivity index (χ3n) is 2.78. The standard InChI is InChI=1S/C13H13FN2O2/c1-3-9-12(17)15-11(16-13(9)18)8-4-5-10(14)7(2)6-8/h4-6H,3H2,1-2H3,(H2,15,16,17,18). The van der Waals surface area contributed by atoms with Gasteiger partial charge >= 0.3 is 0 Å². The van der Waals surface area contributed by atoms with Gasteiger partial charge in [-0.05, 0) is 37.1 Å². The number of hydrogen-bond acceptors (Lipinski definition) is 3. The summed E-state index contributed by atoms with van der Waals surface area (Å²) >= 11 is 0. The van der Waals surface area contributed by atoms with Crippen LogP contribution in [0.15, 0.2) is 23.0 Å². The molecule has 0 aliphatic rings. The number of nitrogens with one attached hydrogen (secondary N) is 1. The summed E-state index contributed by atoms with van der Waals surface area (Å²) in [6, 6.07) is 4.37. The van der Waals surface area contributed by atoms with Gasteiger partial charge in [-0.1, -0.05) is 6.92 Å². The van der Waals surface area contributed by atoms with Gasteiger partial charge in [-0.15, -0.1) is 0 Å². The lowest BCUT2D eigenvalue weighted by atomic mass is 10.1. The van der Waals surface area contributed by atoms with Gasteiger partial charge in [-0.25, -0.2) is 4.39 Å². The van der Waals surface area contributed by atoms with E-state index < -0.39 is 0 Å². The van der Waals surface area contributed by atoms with Crippen LogP contribution in [0, 0.1) is 12.7 Å². The lowest BCUT2D eigenvalue weighted by molar-refractivity contribution is 0.444. The molecular weight excluding hydrogens is 235 g/mol. The molecule has 0 fully saturated rings. The molecule has 0 aliphatic carbocycles. The third-order valence-corrected chi connectivity index (χ3v) is 2.78. The first-order chi connectivity index (χ1) is 8.52. The fourth-order valence-electron chi connectivity index (χ4n) is 1.73. The molecule has 0 saturated heterocycles. The van der Waals surface area contributed by atoms with Gasteiger partial charge in [0.25, 0.3) is 5.56 Å². The number of aromatic hydroxyl groups is 1. The van der Waals surface area contributed by atoms with E-state index in [9.17, 15) is 14.3 Å². The fraction of sp³-hybridized carbons (Fsp3) is 0.231. The predicted octanol–water partition coefficient (Wildman–Crippen LogP) is 2.15. The van der Waals surface area contributed by atoms with Gasteiger partial charge < -0.3 is 10.1 Å². The highest BCUT2D eigenvalue weighted by Gasteiger charge is 2.10.